The Morgan fingerprint density at radius 1 is 1.30 bits per heavy atom. The van der Waals surface area contributed by atoms with Gasteiger partial charge in [-0.05, 0) is 48.8 Å². The number of benzene rings is 1. The average molecular weight is 276 g/mol. The zero-order valence-electron chi connectivity index (χ0n) is 11.8. The molecule has 2 aliphatic rings. The van der Waals surface area contributed by atoms with Crippen LogP contribution >= 0.6 is 0 Å². The van der Waals surface area contributed by atoms with Crippen LogP contribution in [0.4, 0.5) is 4.39 Å². The molecule has 2 saturated carbocycles. The lowest BCUT2D eigenvalue weighted by molar-refractivity contribution is -0.137. The third-order valence-corrected chi connectivity index (χ3v) is 4.97. The summed E-state index contributed by atoms with van der Waals surface area (Å²) in [7, 11) is 1.81. The van der Waals surface area contributed by atoms with Gasteiger partial charge in [0.1, 0.15) is 5.82 Å². The largest absolute Gasteiger partial charge is 0.341 e. The van der Waals surface area contributed by atoms with Crippen molar-refractivity contribution < 1.29 is 9.18 Å². The van der Waals surface area contributed by atoms with E-state index in [0.29, 0.717) is 18.4 Å². The van der Waals surface area contributed by atoms with E-state index in [1.807, 2.05) is 7.05 Å². The van der Waals surface area contributed by atoms with Gasteiger partial charge in [-0.3, -0.25) is 4.79 Å². The number of amides is 1. The van der Waals surface area contributed by atoms with Crippen molar-refractivity contribution in [3.63, 3.8) is 0 Å². The highest BCUT2D eigenvalue weighted by Gasteiger charge is 2.49. The molecule has 4 unspecified atom stereocenters. The molecule has 0 saturated heterocycles. The van der Waals surface area contributed by atoms with Gasteiger partial charge in [0.25, 0.3) is 0 Å². The first-order valence-corrected chi connectivity index (χ1v) is 7.31. The number of nitrogens with zero attached hydrogens (tertiary/aromatic N) is 1. The molecule has 4 heteroatoms. The number of nitrogens with two attached hydrogens (primary N) is 1. The minimum absolute atomic E-state index is 0.0146. The second kappa shape index (κ2) is 5.17. The molecule has 0 aliphatic heterocycles. The summed E-state index contributed by atoms with van der Waals surface area (Å²) in [6, 6.07) is 6.32. The summed E-state index contributed by atoms with van der Waals surface area (Å²) in [4.78, 5) is 14.3. The van der Waals surface area contributed by atoms with Gasteiger partial charge < -0.3 is 10.6 Å². The van der Waals surface area contributed by atoms with E-state index in [-0.39, 0.29) is 23.7 Å². The van der Waals surface area contributed by atoms with E-state index in [0.717, 1.165) is 18.4 Å². The van der Waals surface area contributed by atoms with Crippen LogP contribution in [-0.4, -0.2) is 23.9 Å². The van der Waals surface area contributed by atoms with E-state index >= 15 is 0 Å². The quantitative estimate of drug-likeness (QED) is 0.919. The smallest absolute Gasteiger partial charge is 0.227 e. The molecule has 2 bridgehead atoms. The SMILES string of the molecule is CN(Cc1ccc(F)cc1)C(=O)C1C2CCC(C2)C1N. The molecular weight excluding hydrogens is 255 g/mol. The highest BCUT2D eigenvalue weighted by Crippen LogP contribution is 2.48. The first-order chi connectivity index (χ1) is 9.56. The summed E-state index contributed by atoms with van der Waals surface area (Å²) < 4.78 is 12.9. The second-order valence-electron chi connectivity index (χ2n) is 6.26. The Bertz CT molecular complexity index is 500. The molecule has 0 heterocycles. The molecule has 3 rings (SSSR count). The topological polar surface area (TPSA) is 46.3 Å². The standard InChI is InChI=1S/C16H21FN2O/c1-19(9-10-2-6-13(17)7-3-10)16(20)14-11-4-5-12(8-11)15(14)18/h2-3,6-7,11-12,14-15H,4-5,8-9,18H2,1H3. The van der Waals surface area contributed by atoms with Crippen molar-refractivity contribution in [2.24, 2.45) is 23.5 Å². The molecule has 2 fully saturated rings. The normalized spacial score (nSPS) is 31.6. The number of carbonyl (C=O) groups is 1. The Labute approximate surface area is 118 Å². The predicted molar refractivity (Wildman–Crippen MR) is 75.2 cm³/mol. The lowest BCUT2D eigenvalue weighted by atomic mass is 9.84. The number of halogens is 1. The fourth-order valence-electron chi connectivity index (χ4n) is 3.90. The van der Waals surface area contributed by atoms with Crippen molar-refractivity contribution in [1.29, 1.82) is 0 Å². The van der Waals surface area contributed by atoms with Crippen LogP contribution in [0.3, 0.4) is 0 Å². The molecule has 1 aromatic carbocycles. The number of rotatable bonds is 3. The zero-order chi connectivity index (χ0) is 14.3. The third-order valence-electron chi connectivity index (χ3n) is 4.97. The Morgan fingerprint density at radius 3 is 2.55 bits per heavy atom. The Morgan fingerprint density at radius 2 is 1.95 bits per heavy atom. The van der Waals surface area contributed by atoms with Gasteiger partial charge in [0.2, 0.25) is 5.91 Å². The van der Waals surface area contributed by atoms with Crippen molar-refractivity contribution in [3.05, 3.63) is 35.6 Å². The summed E-state index contributed by atoms with van der Waals surface area (Å²) >= 11 is 0. The van der Waals surface area contributed by atoms with Crippen LogP contribution in [0.5, 0.6) is 0 Å². The maximum Gasteiger partial charge on any atom is 0.227 e. The van der Waals surface area contributed by atoms with E-state index in [9.17, 15) is 9.18 Å². The van der Waals surface area contributed by atoms with Crippen molar-refractivity contribution in [1.82, 2.24) is 4.90 Å². The van der Waals surface area contributed by atoms with E-state index < -0.39 is 0 Å². The van der Waals surface area contributed by atoms with Crippen LogP contribution in [0.25, 0.3) is 0 Å². The molecule has 4 atom stereocenters. The molecule has 0 spiro atoms. The first kappa shape index (κ1) is 13.6. The molecule has 0 aromatic heterocycles. The highest BCUT2D eigenvalue weighted by atomic mass is 19.1. The van der Waals surface area contributed by atoms with E-state index in [2.05, 4.69) is 0 Å². The average Bonchev–Trinajstić information content (AvgIpc) is 3.01. The molecule has 2 aliphatic carbocycles. The molecule has 1 aromatic rings. The molecular formula is C16H21FN2O. The summed E-state index contributed by atoms with van der Waals surface area (Å²) in [5.41, 5.74) is 7.16. The van der Waals surface area contributed by atoms with Gasteiger partial charge in [-0.1, -0.05) is 12.1 Å². The van der Waals surface area contributed by atoms with E-state index in [4.69, 9.17) is 5.73 Å². The van der Waals surface area contributed by atoms with E-state index in [1.165, 1.54) is 18.6 Å². The fourth-order valence-corrected chi connectivity index (χ4v) is 3.90. The summed E-state index contributed by atoms with van der Waals surface area (Å²) in [5.74, 6) is 0.886. The van der Waals surface area contributed by atoms with Crippen LogP contribution in [-0.2, 0) is 11.3 Å². The van der Waals surface area contributed by atoms with Crippen LogP contribution in [0, 0.1) is 23.6 Å². The summed E-state index contributed by atoms with van der Waals surface area (Å²) in [6.07, 6.45) is 3.43. The highest BCUT2D eigenvalue weighted by molar-refractivity contribution is 5.80. The van der Waals surface area contributed by atoms with Gasteiger partial charge in [0.05, 0.1) is 5.92 Å². The van der Waals surface area contributed by atoms with Crippen molar-refractivity contribution in [2.45, 2.75) is 31.8 Å². The zero-order valence-corrected chi connectivity index (χ0v) is 11.8. The van der Waals surface area contributed by atoms with Crippen molar-refractivity contribution in [2.75, 3.05) is 7.05 Å². The van der Waals surface area contributed by atoms with Gasteiger partial charge in [0.15, 0.2) is 0 Å². The monoisotopic (exact) mass is 276 g/mol. The summed E-state index contributed by atoms with van der Waals surface area (Å²) in [5, 5.41) is 0. The van der Waals surface area contributed by atoms with Gasteiger partial charge in [-0.2, -0.15) is 0 Å². The van der Waals surface area contributed by atoms with Crippen LogP contribution in [0.2, 0.25) is 0 Å². The van der Waals surface area contributed by atoms with Crippen molar-refractivity contribution >= 4 is 5.91 Å². The van der Waals surface area contributed by atoms with Gasteiger partial charge in [0, 0.05) is 19.6 Å². The minimum Gasteiger partial charge on any atom is -0.341 e. The van der Waals surface area contributed by atoms with Gasteiger partial charge >= 0.3 is 0 Å². The Kier molecular flexibility index (Phi) is 3.50. The maximum absolute atomic E-state index is 12.9. The number of fused-ring (bicyclic) bond motifs is 2. The Hall–Kier alpha value is -1.42. The minimum atomic E-state index is -0.252. The van der Waals surface area contributed by atoms with Crippen LogP contribution in [0.1, 0.15) is 24.8 Å². The second-order valence-corrected chi connectivity index (χ2v) is 6.26. The van der Waals surface area contributed by atoms with Crippen LogP contribution < -0.4 is 5.73 Å². The number of hydrogen-bond acceptors (Lipinski definition) is 2. The third kappa shape index (κ3) is 2.33. The lowest BCUT2D eigenvalue weighted by Crippen LogP contribution is -2.45. The molecule has 20 heavy (non-hydrogen) atoms. The Balaban J connectivity index is 1.66. The molecule has 1 amide bonds. The van der Waals surface area contributed by atoms with E-state index in [1.54, 1.807) is 17.0 Å². The summed E-state index contributed by atoms with van der Waals surface area (Å²) in [6.45, 7) is 0.514. The van der Waals surface area contributed by atoms with Crippen molar-refractivity contribution in [3.8, 4) is 0 Å². The fraction of sp³-hybridized carbons (Fsp3) is 0.562. The van der Waals surface area contributed by atoms with Gasteiger partial charge in [-0.25, -0.2) is 4.39 Å². The lowest BCUT2D eigenvalue weighted by Gasteiger charge is -2.30. The molecule has 0 radical (unpaired) electrons. The first-order valence-electron chi connectivity index (χ1n) is 7.31. The van der Waals surface area contributed by atoms with Crippen LogP contribution in [0.15, 0.2) is 24.3 Å². The molecule has 108 valence electrons. The number of carbonyl (C=O) groups excluding carboxylic acids is 1. The molecule has 3 nitrogen and oxygen atoms in total. The number of hydrogen-bond donors (Lipinski definition) is 1. The van der Waals surface area contributed by atoms with Gasteiger partial charge in [-0.15, -0.1) is 0 Å². The molecule has 2 N–H and O–H groups in total. The maximum atomic E-state index is 12.9. The predicted octanol–water partition coefficient (Wildman–Crippen LogP) is 2.16.